The van der Waals surface area contributed by atoms with Gasteiger partial charge in [0.15, 0.2) is 11.5 Å². The zero-order valence-corrected chi connectivity index (χ0v) is 13.6. The van der Waals surface area contributed by atoms with Gasteiger partial charge in [0.25, 0.3) is 5.91 Å². The summed E-state index contributed by atoms with van der Waals surface area (Å²) in [5.41, 5.74) is 9.57. The number of benzene rings is 1. The molecule has 1 aliphatic rings. The van der Waals surface area contributed by atoms with Crippen molar-refractivity contribution in [1.29, 1.82) is 0 Å². The summed E-state index contributed by atoms with van der Waals surface area (Å²) in [6.07, 6.45) is 0. The highest BCUT2D eigenvalue weighted by Gasteiger charge is 2.23. The van der Waals surface area contributed by atoms with Crippen molar-refractivity contribution in [2.24, 2.45) is 10.8 Å². The summed E-state index contributed by atoms with van der Waals surface area (Å²) < 4.78 is 5.21. The van der Waals surface area contributed by atoms with Crippen LogP contribution in [0.3, 0.4) is 0 Å². The minimum absolute atomic E-state index is 0.00227. The SMILES string of the molecule is CC(=O)c1ccc(N/N=C(/C(=O)N2CCOCC2)C(N)=S)cc1. The molecule has 0 bridgehead atoms. The molecule has 1 amide bonds. The molecule has 1 aliphatic heterocycles. The predicted octanol–water partition coefficient (Wildman–Crippen LogP) is 0.802. The number of ketones is 1. The van der Waals surface area contributed by atoms with Gasteiger partial charge in [-0.25, -0.2) is 0 Å². The molecule has 0 spiro atoms. The molecule has 0 aliphatic carbocycles. The summed E-state index contributed by atoms with van der Waals surface area (Å²) in [7, 11) is 0. The van der Waals surface area contributed by atoms with Gasteiger partial charge in [-0.15, -0.1) is 0 Å². The lowest BCUT2D eigenvalue weighted by molar-refractivity contribution is -0.127. The molecule has 0 saturated carbocycles. The van der Waals surface area contributed by atoms with Gasteiger partial charge in [-0.05, 0) is 31.2 Å². The third-order valence-electron chi connectivity index (χ3n) is 3.32. The number of anilines is 1. The van der Waals surface area contributed by atoms with Crippen LogP contribution in [0, 0.1) is 0 Å². The van der Waals surface area contributed by atoms with Crippen LogP contribution in [0.25, 0.3) is 0 Å². The lowest BCUT2D eigenvalue weighted by Crippen LogP contribution is -2.47. The number of nitrogens with one attached hydrogen (secondary N) is 1. The molecule has 1 fully saturated rings. The fraction of sp³-hybridized carbons (Fsp3) is 0.333. The Labute approximate surface area is 139 Å². The maximum absolute atomic E-state index is 12.4. The highest BCUT2D eigenvalue weighted by Crippen LogP contribution is 2.10. The van der Waals surface area contributed by atoms with E-state index >= 15 is 0 Å². The number of nitrogens with two attached hydrogens (primary N) is 1. The van der Waals surface area contributed by atoms with Crippen molar-refractivity contribution in [1.82, 2.24) is 4.90 Å². The zero-order valence-electron chi connectivity index (χ0n) is 12.7. The Bertz CT molecular complexity index is 637. The quantitative estimate of drug-likeness (QED) is 0.358. The maximum Gasteiger partial charge on any atom is 0.277 e. The smallest absolute Gasteiger partial charge is 0.277 e. The van der Waals surface area contributed by atoms with Crippen LogP contribution in [0.4, 0.5) is 5.69 Å². The van der Waals surface area contributed by atoms with E-state index in [1.165, 1.54) is 6.92 Å². The highest BCUT2D eigenvalue weighted by atomic mass is 32.1. The average Bonchev–Trinajstić information content (AvgIpc) is 2.55. The number of carbonyl (C=O) groups is 2. The van der Waals surface area contributed by atoms with E-state index in [9.17, 15) is 9.59 Å². The third kappa shape index (κ3) is 4.57. The first-order valence-electron chi connectivity index (χ1n) is 7.10. The monoisotopic (exact) mass is 334 g/mol. The zero-order chi connectivity index (χ0) is 16.8. The molecule has 1 heterocycles. The summed E-state index contributed by atoms with van der Waals surface area (Å²) in [4.78, 5) is 25.2. The fourth-order valence-electron chi connectivity index (χ4n) is 2.02. The molecule has 1 aromatic rings. The van der Waals surface area contributed by atoms with E-state index in [1.807, 2.05) is 0 Å². The van der Waals surface area contributed by atoms with E-state index < -0.39 is 0 Å². The van der Waals surface area contributed by atoms with Gasteiger partial charge in [-0.3, -0.25) is 15.0 Å². The molecule has 0 aromatic heterocycles. The topological polar surface area (TPSA) is 97.0 Å². The van der Waals surface area contributed by atoms with E-state index in [0.717, 1.165) is 0 Å². The van der Waals surface area contributed by atoms with Crippen molar-refractivity contribution < 1.29 is 14.3 Å². The van der Waals surface area contributed by atoms with Gasteiger partial charge in [0, 0.05) is 18.7 Å². The predicted molar refractivity (Wildman–Crippen MR) is 91.7 cm³/mol. The molecular weight excluding hydrogens is 316 g/mol. The summed E-state index contributed by atoms with van der Waals surface area (Å²) in [6.45, 7) is 3.42. The summed E-state index contributed by atoms with van der Waals surface area (Å²) in [5, 5.41) is 4.03. The van der Waals surface area contributed by atoms with Crippen LogP contribution in [0.15, 0.2) is 29.4 Å². The van der Waals surface area contributed by atoms with Gasteiger partial charge in [0.1, 0.15) is 4.99 Å². The van der Waals surface area contributed by atoms with Crippen molar-refractivity contribution >= 4 is 40.3 Å². The number of nitrogens with zero attached hydrogens (tertiary/aromatic N) is 2. The molecular formula is C15H18N4O3S. The maximum atomic E-state index is 12.4. The molecule has 0 radical (unpaired) electrons. The summed E-state index contributed by atoms with van der Waals surface area (Å²) >= 11 is 4.92. The number of hydrogen-bond donors (Lipinski definition) is 2. The third-order valence-corrected chi connectivity index (χ3v) is 3.52. The van der Waals surface area contributed by atoms with Crippen molar-refractivity contribution in [3.63, 3.8) is 0 Å². The van der Waals surface area contributed by atoms with Crippen molar-refractivity contribution in [2.75, 3.05) is 31.7 Å². The molecule has 23 heavy (non-hydrogen) atoms. The van der Waals surface area contributed by atoms with E-state index in [0.29, 0.717) is 37.6 Å². The van der Waals surface area contributed by atoms with Crippen LogP contribution in [-0.4, -0.2) is 53.6 Å². The first-order valence-corrected chi connectivity index (χ1v) is 7.51. The number of thiocarbonyl (C=S) groups is 1. The van der Waals surface area contributed by atoms with E-state index in [4.69, 9.17) is 22.7 Å². The first-order chi connectivity index (χ1) is 11.0. The fourth-order valence-corrected chi connectivity index (χ4v) is 2.16. The van der Waals surface area contributed by atoms with Crippen LogP contribution >= 0.6 is 12.2 Å². The van der Waals surface area contributed by atoms with Crippen molar-refractivity contribution in [2.45, 2.75) is 6.92 Å². The average molecular weight is 334 g/mol. The van der Waals surface area contributed by atoms with Crippen LogP contribution in [-0.2, 0) is 9.53 Å². The number of morpholine rings is 1. The number of ether oxygens (including phenoxy) is 1. The molecule has 7 nitrogen and oxygen atoms in total. The largest absolute Gasteiger partial charge is 0.388 e. The second-order valence-corrected chi connectivity index (χ2v) is 5.41. The van der Waals surface area contributed by atoms with Crippen molar-refractivity contribution in [3.8, 4) is 0 Å². The number of amides is 1. The van der Waals surface area contributed by atoms with Crippen LogP contribution in [0.5, 0.6) is 0 Å². The Hall–Kier alpha value is -2.32. The molecule has 122 valence electrons. The van der Waals surface area contributed by atoms with E-state index in [1.54, 1.807) is 29.2 Å². The van der Waals surface area contributed by atoms with Crippen LogP contribution in [0.1, 0.15) is 17.3 Å². The molecule has 0 unspecified atom stereocenters. The first kappa shape index (κ1) is 17.0. The molecule has 3 N–H and O–H groups in total. The Kier molecular flexibility index (Phi) is 5.78. The number of hydrazone groups is 1. The molecule has 2 rings (SSSR count). The lowest BCUT2D eigenvalue weighted by Gasteiger charge is -2.26. The summed E-state index contributed by atoms with van der Waals surface area (Å²) in [6, 6.07) is 6.72. The second-order valence-electron chi connectivity index (χ2n) is 4.97. The Morgan fingerprint density at radius 1 is 1.26 bits per heavy atom. The second kappa shape index (κ2) is 7.80. The Balaban J connectivity index is 2.10. The highest BCUT2D eigenvalue weighted by molar-refractivity contribution is 7.82. The van der Waals surface area contributed by atoms with Gasteiger partial charge in [0.05, 0.1) is 18.9 Å². The molecule has 1 aromatic carbocycles. The lowest BCUT2D eigenvalue weighted by atomic mass is 10.1. The minimum atomic E-state index is -0.325. The number of carbonyl (C=O) groups excluding carboxylic acids is 2. The molecule has 8 heteroatoms. The van der Waals surface area contributed by atoms with E-state index in [-0.39, 0.29) is 22.4 Å². The molecule has 1 saturated heterocycles. The van der Waals surface area contributed by atoms with E-state index in [2.05, 4.69) is 10.5 Å². The molecule has 0 atom stereocenters. The Morgan fingerprint density at radius 2 is 1.87 bits per heavy atom. The normalized spacial score (nSPS) is 15.2. The minimum Gasteiger partial charge on any atom is -0.388 e. The van der Waals surface area contributed by atoms with Gasteiger partial charge >= 0.3 is 0 Å². The summed E-state index contributed by atoms with van der Waals surface area (Å²) in [5.74, 6) is -0.347. The van der Waals surface area contributed by atoms with Crippen molar-refractivity contribution in [3.05, 3.63) is 29.8 Å². The van der Waals surface area contributed by atoms with Gasteiger partial charge < -0.3 is 15.4 Å². The van der Waals surface area contributed by atoms with Crippen LogP contribution < -0.4 is 11.2 Å². The van der Waals surface area contributed by atoms with Gasteiger partial charge in [0.2, 0.25) is 0 Å². The number of hydrogen-bond acceptors (Lipinski definition) is 6. The standard InChI is InChI=1S/C15H18N4O3S/c1-10(20)11-2-4-12(5-3-11)17-18-13(14(16)23)15(21)19-6-8-22-9-7-19/h2-5,17H,6-9H2,1H3,(H2,16,23)/b18-13+. The van der Waals surface area contributed by atoms with Gasteiger partial charge in [-0.1, -0.05) is 12.2 Å². The number of rotatable bonds is 5. The van der Waals surface area contributed by atoms with Crippen LogP contribution in [0.2, 0.25) is 0 Å². The number of Topliss-reactive ketones (excluding diaryl/α,β-unsaturated/α-hetero) is 1. The Morgan fingerprint density at radius 3 is 2.39 bits per heavy atom. The van der Waals surface area contributed by atoms with Gasteiger partial charge in [-0.2, -0.15) is 5.10 Å².